The molecular weight excluding hydrogens is 432 g/mol. The predicted molar refractivity (Wildman–Crippen MR) is 130 cm³/mol. The SMILES string of the molecule is COC(=O)[C@@H](C)[C@H](c1cccc(O)c1)C1CC1.COC(=O)[C@H](C)[C@H](c1cccc(O)c1)C1CC1. The Labute approximate surface area is 201 Å². The molecule has 0 heterocycles. The van der Waals surface area contributed by atoms with Gasteiger partial charge in [-0.3, -0.25) is 9.59 Å². The van der Waals surface area contributed by atoms with Crippen LogP contribution in [-0.2, 0) is 19.1 Å². The van der Waals surface area contributed by atoms with Crippen LogP contribution in [0, 0.1) is 23.7 Å². The van der Waals surface area contributed by atoms with Crippen molar-refractivity contribution in [2.75, 3.05) is 14.2 Å². The summed E-state index contributed by atoms with van der Waals surface area (Å²) in [5.41, 5.74) is 2.07. The average molecular weight is 469 g/mol. The number of hydrogen-bond acceptors (Lipinski definition) is 6. The van der Waals surface area contributed by atoms with Crippen molar-refractivity contribution in [3.05, 3.63) is 59.7 Å². The average Bonchev–Trinajstić information content (AvgIpc) is 3.74. The normalized spacial score (nSPS) is 18.5. The number of carbonyl (C=O) groups is 2. The Kier molecular flexibility index (Phi) is 8.59. The molecular formula is C28H36O6. The van der Waals surface area contributed by atoms with Crippen LogP contribution in [0.25, 0.3) is 0 Å². The second kappa shape index (κ2) is 11.4. The van der Waals surface area contributed by atoms with Gasteiger partial charge in [0, 0.05) is 0 Å². The minimum atomic E-state index is -0.176. The molecule has 2 saturated carbocycles. The number of aromatic hydroxyl groups is 2. The van der Waals surface area contributed by atoms with E-state index in [2.05, 4.69) is 0 Å². The standard InChI is InChI=1S/2C14H18O3/c2*1-9(14(16)17-2)13(10-6-7-10)11-4-3-5-12(15)8-11/h2*3-5,8-10,13,15H,6-7H2,1-2H3/t9-,13+;9-,13-/m10/s1. The highest BCUT2D eigenvalue weighted by atomic mass is 16.5. The highest BCUT2D eigenvalue weighted by molar-refractivity contribution is 5.74. The van der Waals surface area contributed by atoms with Gasteiger partial charge in [0.1, 0.15) is 11.5 Å². The van der Waals surface area contributed by atoms with Crippen LogP contribution in [0.2, 0.25) is 0 Å². The Morgan fingerprint density at radius 3 is 1.35 bits per heavy atom. The van der Waals surface area contributed by atoms with Crippen LogP contribution in [-0.4, -0.2) is 36.4 Å². The van der Waals surface area contributed by atoms with Crippen LogP contribution in [0.1, 0.15) is 62.5 Å². The molecule has 0 spiro atoms. The van der Waals surface area contributed by atoms with Crippen LogP contribution in [0.3, 0.4) is 0 Å². The Morgan fingerprint density at radius 2 is 1.09 bits per heavy atom. The minimum absolute atomic E-state index is 0.158. The van der Waals surface area contributed by atoms with Crippen molar-refractivity contribution in [2.45, 2.75) is 51.4 Å². The van der Waals surface area contributed by atoms with Gasteiger partial charge < -0.3 is 19.7 Å². The van der Waals surface area contributed by atoms with Crippen LogP contribution >= 0.6 is 0 Å². The van der Waals surface area contributed by atoms with E-state index >= 15 is 0 Å². The zero-order valence-corrected chi connectivity index (χ0v) is 20.4. The molecule has 2 aliphatic carbocycles. The summed E-state index contributed by atoms with van der Waals surface area (Å²) in [6, 6.07) is 14.4. The van der Waals surface area contributed by atoms with E-state index in [-0.39, 0.29) is 47.1 Å². The molecule has 2 aromatic carbocycles. The zero-order chi connectivity index (χ0) is 24.8. The predicted octanol–water partition coefficient (Wildman–Crippen LogP) is 5.39. The van der Waals surface area contributed by atoms with Crippen molar-refractivity contribution >= 4 is 11.9 Å². The lowest BCUT2D eigenvalue weighted by Gasteiger charge is -2.22. The fourth-order valence-electron chi connectivity index (χ4n) is 4.98. The van der Waals surface area contributed by atoms with Gasteiger partial charge in [-0.2, -0.15) is 0 Å². The molecule has 0 aromatic heterocycles. The molecule has 34 heavy (non-hydrogen) atoms. The topological polar surface area (TPSA) is 93.1 Å². The van der Waals surface area contributed by atoms with Crippen molar-refractivity contribution in [3.8, 4) is 11.5 Å². The van der Waals surface area contributed by atoms with Crippen LogP contribution in [0.15, 0.2) is 48.5 Å². The molecule has 0 unspecified atom stereocenters. The second-order valence-corrected chi connectivity index (χ2v) is 9.54. The maximum Gasteiger partial charge on any atom is 0.309 e. The van der Waals surface area contributed by atoms with E-state index in [0.717, 1.165) is 36.8 Å². The van der Waals surface area contributed by atoms with E-state index in [0.29, 0.717) is 11.8 Å². The third-order valence-electron chi connectivity index (χ3n) is 6.99. The highest BCUT2D eigenvalue weighted by Gasteiger charge is 2.40. The van der Waals surface area contributed by atoms with Crippen molar-refractivity contribution in [2.24, 2.45) is 23.7 Å². The van der Waals surface area contributed by atoms with Gasteiger partial charge in [-0.15, -0.1) is 0 Å². The van der Waals surface area contributed by atoms with E-state index in [4.69, 9.17) is 9.47 Å². The summed E-state index contributed by atoms with van der Waals surface area (Å²) in [5.74, 6) is 1.26. The molecule has 2 fully saturated rings. The molecule has 4 rings (SSSR count). The van der Waals surface area contributed by atoms with Crippen molar-refractivity contribution in [1.82, 2.24) is 0 Å². The molecule has 6 nitrogen and oxygen atoms in total. The Hall–Kier alpha value is -3.02. The number of benzene rings is 2. The molecule has 2 aromatic rings. The first kappa shape index (κ1) is 25.6. The van der Waals surface area contributed by atoms with Gasteiger partial charge in [0.25, 0.3) is 0 Å². The van der Waals surface area contributed by atoms with Crippen LogP contribution in [0.4, 0.5) is 0 Å². The smallest absolute Gasteiger partial charge is 0.309 e. The van der Waals surface area contributed by atoms with Crippen molar-refractivity contribution in [3.63, 3.8) is 0 Å². The largest absolute Gasteiger partial charge is 0.508 e. The monoisotopic (exact) mass is 468 g/mol. The van der Waals surface area contributed by atoms with Crippen molar-refractivity contribution < 1.29 is 29.3 Å². The number of rotatable bonds is 8. The van der Waals surface area contributed by atoms with E-state index in [1.54, 1.807) is 24.3 Å². The number of esters is 2. The number of phenols is 2. The lowest BCUT2D eigenvalue weighted by atomic mass is 9.83. The molecule has 2 aliphatic rings. The zero-order valence-electron chi connectivity index (χ0n) is 20.4. The summed E-state index contributed by atoms with van der Waals surface area (Å²) >= 11 is 0. The molecule has 4 atom stereocenters. The van der Waals surface area contributed by atoms with Crippen LogP contribution < -0.4 is 0 Å². The Morgan fingerprint density at radius 1 is 0.735 bits per heavy atom. The highest BCUT2D eigenvalue weighted by Crippen LogP contribution is 2.48. The van der Waals surface area contributed by atoms with Gasteiger partial charge in [-0.25, -0.2) is 0 Å². The number of hydrogen-bond donors (Lipinski definition) is 2. The molecule has 0 aliphatic heterocycles. The van der Waals surface area contributed by atoms with E-state index in [1.165, 1.54) is 14.2 Å². The van der Waals surface area contributed by atoms with Gasteiger partial charge >= 0.3 is 11.9 Å². The summed E-state index contributed by atoms with van der Waals surface area (Å²) < 4.78 is 9.64. The lowest BCUT2D eigenvalue weighted by Crippen LogP contribution is -2.22. The summed E-state index contributed by atoms with van der Waals surface area (Å²) in [5, 5.41) is 19.1. The molecule has 184 valence electrons. The third kappa shape index (κ3) is 6.52. The quantitative estimate of drug-likeness (QED) is 0.505. The molecule has 0 amide bonds. The summed E-state index contributed by atoms with van der Waals surface area (Å²) in [7, 11) is 2.84. The summed E-state index contributed by atoms with van der Waals surface area (Å²) in [4.78, 5) is 23.3. The Bertz CT molecular complexity index is 899. The Balaban J connectivity index is 0.000000191. The van der Waals surface area contributed by atoms with Gasteiger partial charge in [0.2, 0.25) is 0 Å². The van der Waals surface area contributed by atoms with E-state index in [1.807, 2.05) is 38.1 Å². The van der Waals surface area contributed by atoms with E-state index in [9.17, 15) is 19.8 Å². The maximum atomic E-state index is 11.7. The fraction of sp³-hybridized carbons (Fsp3) is 0.500. The molecule has 0 radical (unpaired) electrons. The third-order valence-corrected chi connectivity index (χ3v) is 6.99. The number of phenolic OH excluding ortho intramolecular Hbond substituents is 2. The van der Waals surface area contributed by atoms with Gasteiger partial charge in [-0.1, -0.05) is 38.1 Å². The van der Waals surface area contributed by atoms with Crippen molar-refractivity contribution in [1.29, 1.82) is 0 Å². The van der Waals surface area contributed by atoms with Crippen LogP contribution in [0.5, 0.6) is 11.5 Å². The molecule has 2 N–H and O–H groups in total. The first-order chi connectivity index (χ1) is 16.3. The minimum Gasteiger partial charge on any atom is -0.508 e. The maximum absolute atomic E-state index is 11.7. The fourth-order valence-corrected chi connectivity index (χ4v) is 4.98. The summed E-state index contributed by atoms with van der Waals surface area (Å²) in [6.07, 6.45) is 4.62. The number of ether oxygens (including phenoxy) is 2. The van der Waals surface area contributed by atoms with E-state index < -0.39 is 0 Å². The number of carbonyl (C=O) groups excluding carboxylic acids is 2. The summed E-state index contributed by atoms with van der Waals surface area (Å²) in [6.45, 7) is 3.80. The second-order valence-electron chi connectivity index (χ2n) is 9.54. The van der Waals surface area contributed by atoms with Gasteiger partial charge in [-0.05, 0) is 84.7 Å². The molecule has 0 bridgehead atoms. The lowest BCUT2D eigenvalue weighted by molar-refractivity contribution is -0.146. The number of methoxy groups -OCH3 is 2. The first-order valence-electron chi connectivity index (χ1n) is 12.0. The molecule has 6 heteroatoms. The van der Waals surface area contributed by atoms with Gasteiger partial charge in [0.05, 0.1) is 26.1 Å². The first-order valence-corrected chi connectivity index (χ1v) is 12.0. The molecule has 0 saturated heterocycles. The van der Waals surface area contributed by atoms with Gasteiger partial charge in [0.15, 0.2) is 0 Å².